The normalized spacial score (nSPS) is 28.2. The molecule has 0 aromatic carbocycles. The molecule has 0 aromatic rings. The molecule has 0 saturated carbocycles. The molecule has 0 saturated heterocycles. The fraction of sp³-hybridized carbons (Fsp3) is 0.909. The first-order valence-corrected chi connectivity index (χ1v) is 7.48. The van der Waals surface area contributed by atoms with Crippen molar-refractivity contribution in [2.45, 2.75) is 51.7 Å². The molecule has 5 nitrogen and oxygen atoms in total. The van der Waals surface area contributed by atoms with Gasteiger partial charge in [-0.15, -0.1) is 0 Å². The van der Waals surface area contributed by atoms with Crippen molar-refractivity contribution in [3.63, 3.8) is 0 Å². The average Bonchev–Trinajstić information content (AvgIpc) is 2.37. The summed E-state index contributed by atoms with van der Waals surface area (Å²) >= 11 is 0. The van der Waals surface area contributed by atoms with Crippen LogP contribution in [0.5, 0.6) is 0 Å². The number of hydrogen-bond donors (Lipinski definition) is 1. The molecule has 1 rings (SSSR count). The van der Waals surface area contributed by atoms with E-state index in [0.29, 0.717) is 19.6 Å². The van der Waals surface area contributed by atoms with Gasteiger partial charge in [0.15, 0.2) is 5.16 Å². The Bertz CT molecular complexity index is 356. The molecule has 1 N–H and O–H groups in total. The molecule has 1 aliphatic heterocycles. The van der Waals surface area contributed by atoms with E-state index in [0.717, 1.165) is 4.74 Å². The van der Waals surface area contributed by atoms with Crippen molar-refractivity contribution in [2.24, 2.45) is 0 Å². The maximum Gasteiger partial charge on any atom is 0.346 e. The van der Waals surface area contributed by atoms with E-state index in [2.05, 4.69) is 0 Å². The lowest BCUT2D eigenvalue weighted by Crippen LogP contribution is -2.32. The summed E-state index contributed by atoms with van der Waals surface area (Å²) in [6.07, 6.45) is 2.08. The van der Waals surface area contributed by atoms with Crippen molar-refractivity contribution in [3.05, 3.63) is 0 Å². The number of nitrogens with zero attached hydrogens (tertiary/aromatic N) is 1. The summed E-state index contributed by atoms with van der Waals surface area (Å²) in [7, 11) is -3.25. The van der Waals surface area contributed by atoms with Crippen LogP contribution in [0.15, 0.2) is 0 Å². The number of rotatable bonds is 5. The van der Waals surface area contributed by atoms with Gasteiger partial charge in [0.1, 0.15) is 0 Å². The van der Waals surface area contributed by atoms with Gasteiger partial charge in [0, 0.05) is 20.3 Å². The first kappa shape index (κ1) is 14.7. The van der Waals surface area contributed by atoms with Gasteiger partial charge in [-0.2, -0.15) is 0 Å². The van der Waals surface area contributed by atoms with E-state index in [-0.39, 0.29) is 0 Å². The highest BCUT2D eigenvalue weighted by Gasteiger charge is 2.60. The van der Waals surface area contributed by atoms with Crippen LogP contribution in [0.3, 0.4) is 0 Å². The maximum absolute atomic E-state index is 12.8. The quantitative estimate of drug-likeness (QED) is 0.471. The Morgan fingerprint density at radius 1 is 1.29 bits per heavy atom. The fourth-order valence-electron chi connectivity index (χ4n) is 2.28. The molecule has 6 heteroatoms. The average molecular weight is 264 g/mol. The minimum Gasteiger partial charge on any atom is -0.308 e. The van der Waals surface area contributed by atoms with Crippen LogP contribution in [0.1, 0.15) is 41.0 Å². The highest BCUT2D eigenvalue weighted by atomic mass is 31.2. The third kappa shape index (κ3) is 2.56. The smallest absolute Gasteiger partial charge is 0.308 e. The molecule has 17 heavy (non-hydrogen) atoms. The second kappa shape index (κ2) is 4.71. The molecule has 0 fully saturated rings. The van der Waals surface area contributed by atoms with Gasteiger partial charge in [-0.05, 0) is 25.5 Å². The highest BCUT2D eigenvalue weighted by Crippen LogP contribution is 2.63. The molecule has 0 spiro atoms. The molecular weight excluding hydrogens is 241 g/mol. The Labute approximate surface area is 103 Å². The van der Waals surface area contributed by atoms with Crippen molar-refractivity contribution < 1.29 is 23.6 Å². The zero-order valence-electron chi connectivity index (χ0n) is 11.3. The number of hydrogen-bond acceptors (Lipinski definition) is 4. The van der Waals surface area contributed by atoms with E-state index in [1.165, 1.54) is 0 Å². The zero-order chi connectivity index (χ0) is 13.3. The Balaban J connectivity index is 3.09. The Morgan fingerprint density at radius 3 is 2.06 bits per heavy atom. The van der Waals surface area contributed by atoms with Crippen molar-refractivity contribution in [2.75, 3.05) is 13.2 Å². The second-order valence-corrected chi connectivity index (χ2v) is 7.69. The van der Waals surface area contributed by atoms with E-state index < -0.39 is 18.3 Å². The van der Waals surface area contributed by atoms with Crippen LogP contribution in [0.4, 0.5) is 0 Å². The van der Waals surface area contributed by atoms with Crippen LogP contribution in [0.25, 0.3) is 0 Å². The molecular formula is C11H23NO4P+. The molecule has 1 atom stereocenters. The lowest BCUT2D eigenvalue weighted by Gasteiger charge is -2.28. The Hall–Kier alpha value is -0.380. The van der Waals surface area contributed by atoms with Gasteiger partial charge in [0.25, 0.3) is 0 Å². The fourth-order valence-corrected chi connectivity index (χ4v) is 4.46. The number of hydroxylamine groups is 1. The molecule has 0 amide bonds. The third-order valence-electron chi connectivity index (χ3n) is 3.03. The molecule has 100 valence electrons. The van der Waals surface area contributed by atoms with Crippen LogP contribution in [-0.2, 0) is 13.6 Å². The Kier molecular flexibility index (Phi) is 4.07. The lowest BCUT2D eigenvalue weighted by atomic mass is 9.96. The standard InChI is InChI=1S/C11H23NO4P/c1-6-15-17(14,16-7-2)11(5)8-10(3,4)12(13)9-11/h9,13H,6-8H2,1-5H3/q+1. The molecule has 0 bridgehead atoms. The first-order valence-electron chi connectivity index (χ1n) is 5.94. The largest absolute Gasteiger partial charge is 0.346 e. The predicted octanol–water partition coefficient (Wildman–Crippen LogP) is 2.67. The SMILES string of the molecule is CCOP(=O)(OCC)C1(C)C=[N+](O)C(C)(C)C1. The van der Waals surface area contributed by atoms with Crippen molar-refractivity contribution in [1.29, 1.82) is 0 Å². The lowest BCUT2D eigenvalue weighted by molar-refractivity contribution is -0.814. The van der Waals surface area contributed by atoms with Gasteiger partial charge in [-0.25, -0.2) is 0 Å². The van der Waals surface area contributed by atoms with E-state index in [1.54, 1.807) is 27.0 Å². The molecule has 0 radical (unpaired) electrons. The Morgan fingerprint density at radius 2 is 1.76 bits per heavy atom. The van der Waals surface area contributed by atoms with Crippen LogP contribution >= 0.6 is 7.60 Å². The predicted molar refractivity (Wildman–Crippen MR) is 66.1 cm³/mol. The minimum atomic E-state index is -3.25. The third-order valence-corrected chi connectivity index (χ3v) is 5.76. The van der Waals surface area contributed by atoms with Crippen molar-refractivity contribution in [3.8, 4) is 0 Å². The van der Waals surface area contributed by atoms with Gasteiger partial charge in [-0.3, -0.25) is 9.77 Å². The summed E-state index contributed by atoms with van der Waals surface area (Å²) in [6.45, 7) is 9.79. The van der Waals surface area contributed by atoms with Crippen LogP contribution < -0.4 is 0 Å². The first-order chi connectivity index (χ1) is 7.71. The summed E-state index contributed by atoms with van der Waals surface area (Å²) in [4.78, 5) is 0. The zero-order valence-corrected chi connectivity index (χ0v) is 12.2. The second-order valence-electron chi connectivity index (χ2n) is 5.15. The van der Waals surface area contributed by atoms with Crippen molar-refractivity contribution >= 4 is 13.8 Å². The summed E-state index contributed by atoms with van der Waals surface area (Å²) in [5.41, 5.74) is -0.460. The van der Waals surface area contributed by atoms with Crippen LogP contribution in [0.2, 0.25) is 0 Å². The summed E-state index contributed by atoms with van der Waals surface area (Å²) in [5.74, 6) is 0. The van der Waals surface area contributed by atoms with Gasteiger partial charge in [-0.1, -0.05) is 0 Å². The van der Waals surface area contributed by atoms with Crippen molar-refractivity contribution in [1.82, 2.24) is 0 Å². The summed E-state index contributed by atoms with van der Waals surface area (Å²) in [5, 5.41) is 9.06. The van der Waals surface area contributed by atoms with Gasteiger partial charge >= 0.3 is 7.60 Å². The monoisotopic (exact) mass is 264 g/mol. The van der Waals surface area contributed by atoms with Gasteiger partial charge < -0.3 is 9.05 Å². The van der Waals surface area contributed by atoms with E-state index in [9.17, 15) is 9.77 Å². The molecule has 1 aliphatic rings. The topological polar surface area (TPSA) is 58.8 Å². The summed E-state index contributed by atoms with van der Waals surface area (Å²) in [6, 6.07) is 0. The van der Waals surface area contributed by atoms with Crippen LogP contribution in [0, 0.1) is 0 Å². The minimum absolute atomic E-state index is 0.326. The molecule has 1 heterocycles. The molecule has 0 aromatic heterocycles. The van der Waals surface area contributed by atoms with E-state index in [1.807, 2.05) is 13.8 Å². The summed E-state index contributed by atoms with van der Waals surface area (Å²) < 4.78 is 24.6. The highest BCUT2D eigenvalue weighted by molar-refractivity contribution is 7.56. The van der Waals surface area contributed by atoms with E-state index >= 15 is 0 Å². The molecule has 1 unspecified atom stereocenters. The van der Waals surface area contributed by atoms with Crippen LogP contribution in [-0.4, -0.2) is 40.1 Å². The van der Waals surface area contributed by atoms with Gasteiger partial charge in [0.05, 0.1) is 13.2 Å². The van der Waals surface area contributed by atoms with E-state index in [4.69, 9.17) is 9.05 Å². The maximum atomic E-state index is 12.8. The molecule has 0 aliphatic carbocycles. The van der Waals surface area contributed by atoms with Gasteiger partial charge in [0.2, 0.25) is 11.8 Å².